The molecule has 1 saturated heterocycles. The minimum Gasteiger partial charge on any atom is -0.508 e. The van der Waals surface area contributed by atoms with E-state index in [1.165, 1.54) is 10.7 Å². The Morgan fingerprint density at radius 1 is 1.18 bits per heavy atom. The number of phenols is 1. The second-order valence-electron chi connectivity index (χ2n) is 6.63. The molecule has 2 heterocycles. The lowest BCUT2D eigenvalue weighted by Gasteiger charge is -2.26. The molecule has 1 aliphatic rings. The Morgan fingerprint density at radius 3 is 2.75 bits per heavy atom. The van der Waals surface area contributed by atoms with E-state index in [2.05, 4.69) is 10.4 Å². The molecule has 2 amide bonds. The van der Waals surface area contributed by atoms with Crippen LogP contribution in [0, 0.1) is 0 Å². The van der Waals surface area contributed by atoms with Gasteiger partial charge in [-0.2, -0.15) is 5.10 Å². The zero-order valence-corrected chi connectivity index (χ0v) is 15.4. The number of rotatable bonds is 3. The van der Waals surface area contributed by atoms with Crippen molar-refractivity contribution in [3.8, 4) is 5.75 Å². The van der Waals surface area contributed by atoms with Gasteiger partial charge < -0.3 is 20.1 Å². The van der Waals surface area contributed by atoms with Gasteiger partial charge in [0.2, 0.25) is 0 Å². The van der Waals surface area contributed by atoms with E-state index in [-0.39, 0.29) is 23.3 Å². The normalized spacial score (nSPS) is 14.2. The van der Waals surface area contributed by atoms with E-state index in [4.69, 9.17) is 4.74 Å². The summed E-state index contributed by atoms with van der Waals surface area (Å²) in [6.45, 7) is 1.97. The predicted molar refractivity (Wildman–Crippen MR) is 103 cm³/mol. The van der Waals surface area contributed by atoms with Crippen LogP contribution in [0.2, 0.25) is 0 Å². The van der Waals surface area contributed by atoms with Crippen molar-refractivity contribution in [2.45, 2.75) is 0 Å². The molecule has 2 N–H and O–H groups in total. The summed E-state index contributed by atoms with van der Waals surface area (Å²) in [6, 6.07) is 10.1. The third-order valence-electron chi connectivity index (χ3n) is 4.69. The van der Waals surface area contributed by atoms with Gasteiger partial charge >= 0.3 is 0 Å². The number of morpholine rings is 1. The van der Waals surface area contributed by atoms with E-state index >= 15 is 0 Å². The van der Waals surface area contributed by atoms with Crippen molar-refractivity contribution in [2.75, 3.05) is 31.6 Å². The average molecular weight is 380 g/mol. The molecule has 0 spiro atoms. The predicted octanol–water partition coefficient (Wildman–Crippen LogP) is 2.00. The van der Waals surface area contributed by atoms with Crippen LogP contribution in [0.3, 0.4) is 0 Å². The number of hydrogen-bond acceptors (Lipinski definition) is 5. The highest BCUT2D eigenvalue weighted by Gasteiger charge is 2.25. The Hall–Kier alpha value is -3.39. The second-order valence-corrected chi connectivity index (χ2v) is 6.63. The van der Waals surface area contributed by atoms with Gasteiger partial charge in [0.1, 0.15) is 5.75 Å². The molecule has 0 saturated carbocycles. The highest BCUT2D eigenvalue weighted by Crippen LogP contribution is 2.25. The number of hydrogen-bond donors (Lipinski definition) is 2. The van der Waals surface area contributed by atoms with Gasteiger partial charge in [0.05, 0.1) is 18.9 Å². The Kier molecular flexibility index (Phi) is 4.70. The number of anilines is 1. The zero-order chi connectivity index (χ0) is 19.7. The van der Waals surface area contributed by atoms with E-state index in [1.807, 2.05) is 6.07 Å². The Balaban J connectivity index is 1.63. The molecule has 0 atom stereocenters. The molecule has 8 heteroatoms. The second kappa shape index (κ2) is 7.32. The van der Waals surface area contributed by atoms with Gasteiger partial charge in [-0.1, -0.05) is 12.1 Å². The molecule has 1 aromatic heterocycles. The molecule has 0 aliphatic carbocycles. The first kappa shape index (κ1) is 18.0. The Bertz CT molecular complexity index is 1050. The van der Waals surface area contributed by atoms with E-state index in [1.54, 1.807) is 42.4 Å². The third kappa shape index (κ3) is 3.41. The van der Waals surface area contributed by atoms with Gasteiger partial charge in [-0.15, -0.1) is 0 Å². The van der Waals surface area contributed by atoms with Crippen molar-refractivity contribution in [3.63, 3.8) is 0 Å². The Labute approximate surface area is 161 Å². The first-order valence-corrected chi connectivity index (χ1v) is 8.97. The maximum Gasteiger partial charge on any atom is 0.276 e. The number of nitrogens with zero attached hydrogens (tertiary/aromatic N) is 3. The van der Waals surface area contributed by atoms with Crippen LogP contribution >= 0.6 is 0 Å². The molecule has 144 valence electrons. The highest BCUT2D eigenvalue weighted by molar-refractivity contribution is 6.14. The van der Waals surface area contributed by atoms with Crippen LogP contribution in [0.15, 0.2) is 42.6 Å². The van der Waals surface area contributed by atoms with Gasteiger partial charge in [0.15, 0.2) is 5.69 Å². The van der Waals surface area contributed by atoms with Gasteiger partial charge in [0.25, 0.3) is 11.8 Å². The third-order valence-corrected chi connectivity index (χ3v) is 4.69. The number of benzene rings is 2. The molecule has 28 heavy (non-hydrogen) atoms. The lowest BCUT2D eigenvalue weighted by Crippen LogP contribution is -2.41. The van der Waals surface area contributed by atoms with Crippen molar-refractivity contribution < 1.29 is 19.4 Å². The van der Waals surface area contributed by atoms with Gasteiger partial charge in [-0.3, -0.25) is 14.3 Å². The minimum atomic E-state index is -0.347. The van der Waals surface area contributed by atoms with Gasteiger partial charge in [-0.25, -0.2) is 0 Å². The summed E-state index contributed by atoms with van der Waals surface area (Å²) in [4.78, 5) is 27.4. The van der Waals surface area contributed by atoms with E-state index in [0.29, 0.717) is 42.9 Å². The van der Waals surface area contributed by atoms with Crippen LogP contribution in [0.1, 0.15) is 20.8 Å². The molecule has 3 aromatic rings. The number of amides is 2. The number of nitrogens with one attached hydrogen (secondary N) is 1. The maximum absolute atomic E-state index is 12.9. The van der Waals surface area contributed by atoms with Crippen LogP contribution < -0.4 is 5.32 Å². The van der Waals surface area contributed by atoms with Crippen LogP contribution in [-0.4, -0.2) is 57.9 Å². The summed E-state index contributed by atoms with van der Waals surface area (Å²) < 4.78 is 6.79. The van der Waals surface area contributed by atoms with Crippen molar-refractivity contribution in [1.29, 1.82) is 0 Å². The van der Waals surface area contributed by atoms with Crippen LogP contribution in [0.5, 0.6) is 5.75 Å². The summed E-state index contributed by atoms with van der Waals surface area (Å²) in [6.07, 6.45) is 1.61. The summed E-state index contributed by atoms with van der Waals surface area (Å²) in [5, 5.41) is 18.2. The van der Waals surface area contributed by atoms with E-state index in [9.17, 15) is 14.7 Å². The summed E-state index contributed by atoms with van der Waals surface area (Å²) >= 11 is 0. The largest absolute Gasteiger partial charge is 0.508 e. The summed E-state index contributed by atoms with van der Waals surface area (Å²) in [5.74, 6) is -0.446. The minimum absolute atomic E-state index is 0.135. The quantitative estimate of drug-likeness (QED) is 0.725. The van der Waals surface area contributed by atoms with Crippen LogP contribution in [0.25, 0.3) is 10.8 Å². The standard InChI is InChI=1S/C20H20N4O4/c1-23-12-17(18(22-23)20(27)24-7-9-28-10-8-24)21-19(26)16-4-2-3-13-11-14(25)5-6-15(13)16/h2-6,11-12,25H,7-10H2,1H3,(H,21,26). The molecule has 1 fully saturated rings. The molecular weight excluding hydrogens is 360 g/mol. The fraction of sp³-hybridized carbons (Fsp3) is 0.250. The molecule has 2 aromatic carbocycles. The molecule has 4 rings (SSSR count). The lowest BCUT2D eigenvalue weighted by atomic mass is 10.0. The van der Waals surface area contributed by atoms with E-state index in [0.717, 1.165) is 5.39 Å². The van der Waals surface area contributed by atoms with Crippen LogP contribution in [-0.2, 0) is 11.8 Å². The molecule has 1 aliphatic heterocycles. The number of aromatic nitrogens is 2. The average Bonchev–Trinajstić information content (AvgIpc) is 3.07. The monoisotopic (exact) mass is 380 g/mol. The number of carbonyl (C=O) groups is 2. The van der Waals surface area contributed by atoms with Crippen LogP contribution in [0.4, 0.5) is 5.69 Å². The highest BCUT2D eigenvalue weighted by atomic mass is 16.5. The fourth-order valence-electron chi connectivity index (χ4n) is 3.31. The summed E-state index contributed by atoms with van der Waals surface area (Å²) in [7, 11) is 1.70. The Morgan fingerprint density at radius 2 is 1.96 bits per heavy atom. The van der Waals surface area contributed by atoms with Gasteiger partial charge in [-0.05, 0) is 35.0 Å². The van der Waals surface area contributed by atoms with Crippen molar-refractivity contribution in [2.24, 2.45) is 7.05 Å². The number of aryl methyl sites for hydroxylation is 1. The first-order valence-electron chi connectivity index (χ1n) is 8.97. The molecule has 0 unspecified atom stereocenters. The molecular formula is C20H20N4O4. The number of fused-ring (bicyclic) bond motifs is 1. The summed E-state index contributed by atoms with van der Waals surface area (Å²) in [5.41, 5.74) is 1.02. The SMILES string of the molecule is Cn1cc(NC(=O)c2cccc3cc(O)ccc23)c(C(=O)N2CCOCC2)n1. The van der Waals surface area contributed by atoms with Crippen molar-refractivity contribution in [1.82, 2.24) is 14.7 Å². The maximum atomic E-state index is 12.9. The molecule has 0 radical (unpaired) electrons. The van der Waals surface area contributed by atoms with E-state index < -0.39 is 0 Å². The molecule has 8 nitrogen and oxygen atoms in total. The van der Waals surface area contributed by atoms with Gasteiger partial charge in [0, 0.05) is 31.9 Å². The number of aromatic hydroxyl groups is 1. The van der Waals surface area contributed by atoms with Crippen molar-refractivity contribution in [3.05, 3.63) is 53.9 Å². The lowest BCUT2D eigenvalue weighted by molar-refractivity contribution is 0.0299. The number of ether oxygens (including phenoxy) is 1. The fourth-order valence-corrected chi connectivity index (χ4v) is 3.31. The first-order chi connectivity index (χ1) is 13.5. The topological polar surface area (TPSA) is 96.7 Å². The number of carbonyl (C=O) groups excluding carboxylic acids is 2. The zero-order valence-electron chi connectivity index (χ0n) is 15.4. The number of phenolic OH excluding ortho intramolecular Hbond substituents is 1. The van der Waals surface area contributed by atoms with Crippen molar-refractivity contribution >= 4 is 28.3 Å². The smallest absolute Gasteiger partial charge is 0.276 e. The molecule has 0 bridgehead atoms.